The van der Waals surface area contributed by atoms with Crippen molar-refractivity contribution in [2.24, 2.45) is 10.2 Å². The second-order valence-electron chi connectivity index (χ2n) is 5.58. The lowest BCUT2D eigenvalue weighted by Crippen LogP contribution is -1.97. The normalized spacial score (nSPS) is 11.1. The van der Waals surface area contributed by atoms with E-state index < -0.39 is 16.6 Å². The Morgan fingerprint density at radius 1 is 1.12 bits per heavy atom. The van der Waals surface area contributed by atoms with E-state index in [1.807, 2.05) is 0 Å². The number of carboxylic acid groups (broad SMARTS) is 1. The van der Waals surface area contributed by atoms with Crippen molar-refractivity contribution < 1.29 is 19.9 Å². The van der Waals surface area contributed by atoms with Crippen LogP contribution in [0.3, 0.4) is 0 Å². The maximum Gasteiger partial charge on any atom is 0.339 e. The third-order valence-electron chi connectivity index (χ3n) is 3.89. The lowest BCUT2D eigenvalue weighted by molar-refractivity contribution is -0.384. The highest BCUT2D eigenvalue weighted by Gasteiger charge is 2.17. The first-order valence-corrected chi connectivity index (χ1v) is 7.53. The zero-order valence-electron chi connectivity index (χ0n) is 13.6. The molecule has 0 bridgehead atoms. The van der Waals surface area contributed by atoms with Crippen LogP contribution in [0.25, 0.3) is 10.8 Å². The zero-order chi connectivity index (χ0) is 18.8. The van der Waals surface area contributed by atoms with Gasteiger partial charge in [0.05, 0.1) is 10.6 Å². The second-order valence-corrected chi connectivity index (χ2v) is 5.58. The van der Waals surface area contributed by atoms with Gasteiger partial charge in [-0.2, -0.15) is 0 Å². The number of nitro benzene ring substituents is 1. The van der Waals surface area contributed by atoms with E-state index in [1.165, 1.54) is 24.3 Å². The molecule has 0 aliphatic heterocycles. The van der Waals surface area contributed by atoms with Crippen molar-refractivity contribution in [3.05, 3.63) is 69.8 Å². The van der Waals surface area contributed by atoms with Crippen molar-refractivity contribution in [3.8, 4) is 5.75 Å². The number of non-ortho nitro benzene ring substituents is 1. The van der Waals surface area contributed by atoms with Gasteiger partial charge in [-0.1, -0.05) is 30.3 Å². The summed E-state index contributed by atoms with van der Waals surface area (Å²) in [6.45, 7) is 1.71. The maximum atomic E-state index is 11.4. The van der Waals surface area contributed by atoms with E-state index >= 15 is 0 Å². The average Bonchev–Trinajstić information content (AvgIpc) is 2.61. The number of nitrogens with zero attached hydrogens (tertiary/aromatic N) is 3. The van der Waals surface area contributed by atoms with Crippen LogP contribution >= 0.6 is 0 Å². The van der Waals surface area contributed by atoms with E-state index in [1.54, 1.807) is 31.2 Å². The molecule has 2 N–H and O–H groups in total. The molecule has 8 nitrogen and oxygen atoms in total. The number of carbonyl (C=O) groups is 1. The smallest absolute Gasteiger partial charge is 0.339 e. The maximum absolute atomic E-state index is 11.4. The molecule has 3 aromatic carbocycles. The van der Waals surface area contributed by atoms with Crippen molar-refractivity contribution in [2.75, 3.05) is 0 Å². The molecule has 0 saturated heterocycles. The Morgan fingerprint density at radius 3 is 2.54 bits per heavy atom. The summed E-state index contributed by atoms with van der Waals surface area (Å²) in [6, 6.07) is 12.3. The van der Waals surface area contributed by atoms with Crippen LogP contribution in [0.5, 0.6) is 5.75 Å². The molecule has 0 atom stereocenters. The summed E-state index contributed by atoms with van der Waals surface area (Å²) < 4.78 is 0. The molecule has 26 heavy (non-hydrogen) atoms. The molecule has 0 aromatic heterocycles. The highest BCUT2D eigenvalue weighted by Crippen LogP contribution is 2.39. The van der Waals surface area contributed by atoms with Crippen LogP contribution in [0.4, 0.5) is 17.1 Å². The van der Waals surface area contributed by atoms with Gasteiger partial charge < -0.3 is 10.2 Å². The molecule has 0 aliphatic carbocycles. The van der Waals surface area contributed by atoms with Crippen molar-refractivity contribution in [1.82, 2.24) is 0 Å². The Hall–Kier alpha value is -3.81. The minimum Gasteiger partial charge on any atom is -0.505 e. The van der Waals surface area contributed by atoms with Crippen LogP contribution in [0.15, 0.2) is 58.8 Å². The minimum atomic E-state index is -1.30. The molecule has 0 aliphatic rings. The van der Waals surface area contributed by atoms with E-state index in [0.29, 0.717) is 16.3 Å². The standard InChI is InChI=1S/C18H13N3O5/c1-10-6-7-12(21(25)26)9-15(10)19-20-16-13-5-3-2-4-11(13)8-14(17(16)22)18(23)24/h2-9,22H,1H3,(H,23,24). The topological polar surface area (TPSA) is 125 Å². The van der Waals surface area contributed by atoms with Gasteiger partial charge in [-0.25, -0.2) is 4.79 Å². The van der Waals surface area contributed by atoms with Gasteiger partial charge in [0, 0.05) is 17.5 Å². The SMILES string of the molecule is Cc1ccc([N+](=O)[O-])cc1N=Nc1c(O)c(C(=O)O)cc2ccccc12. The van der Waals surface area contributed by atoms with Crippen LogP contribution in [0.2, 0.25) is 0 Å². The first kappa shape index (κ1) is 17.0. The largest absolute Gasteiger partial charge is 0.505 e. The van der Waals surface area contributed by atoms with E-state index in [4.69, 9.17) is 0 Å². The highest BCUT2D eigenvalue weighted by atomic mass is 16.6. The summed E-state index contributed by atoms with van der Waals surface area (Å²) in [6.07, 6.45) is 0. The number of aromatic hydroxyl groups is 1. The van der Waals surface area contributed by atoms with Gasteiger partial charge in [0.2, 0.25) is 0 Å². The van der Waals surface area contributed by atoms with Crippen LogP contribution in [-0.4, -0.2) is 21.1 Å². The molecule has 0 spiro atoms. The van der Waals surface area contributed by atoms with Crippen molar-refractivity contribution in [3.63, 3.8) is 0 Å². The third-order valence-corrected chi connectivity index (χ3v) is 3.89. The highest BCUT2D eigenvalue weighted by molar-refractivity contribution is 6.04. The fraction of sp³-hybridized carbons (Fsp3) is 0.0556. The van der Waals surface area contributed by atoms with E-state index in [2.05, 4.69) is 10.2 Å². The first-order chi connectivity index (χ1) is 12.4. The van der Waals surface area contributed by atoms with Crippen LogP contribution in [-0.2, 0) is 0 Å². The van der Waals surface area contributed by atoms with Crippen LogP contribution in [0, 0.1) is 17.0 Å². The summed E-state index contributed by atoms with van der Waals surface area (Å²) in [5.41, 5.74) is 0.457. The number of aromatic carboxylic acids is 1. The zero-order valence-corrected chi connectivity index (χ0v) is 13.6. The fourth-order valence-corrected chi connectivity index (χ4v) is 2.50. The number of aryl methyl sites for hydroxylation is 1. The predicted octanol–water partition coefficient (Wildman–Crippen LogP) is 4.88. The number of hydrogen-bond acceptors (Lipinski definition) is 6. The molecule has 3 aromatic rings. The molecule has 3 rings (SSSR count). The lowest BCUT2D eigenvalue weighted by Gasteiger charge is -2.07. The Labute approximate surface area is 147 Å². The molecular formula is C18H13N3O5. The second kappa shape index (κ2) is 6.60. The molecule has 0 saturated carbocycles. The lowest BCUT2D eigenvalue weighted by atomic mass is 10.0. The monoisotopic (exact) mass is 351 g/mol. The molecule has 0 unspecified atom stereocenters. The fourth-order valence-electron chi connectivity index (χ4n) is 2.50. The first-order valence-electron chi connectivity index (χ1n) is 7.53. The molecule has 8 heteroatoms. The number of phenols is 1. The van der Waals surface area contributed by atoms with Crippen LogP contribution in [0.1, 0.15) is 15.9 Å². The summed E-state index contributed by atoms with van der Waals surface area (Å²) in [4.78, 5) is 21.7. The number of azo groups is 1. The van der Waals surface area contributed by atoms with Gasteiger partial charge in [-0.05, 0) is 23.9 Å². The van der Waals surface area contributed by atoms with Crippen molar-refractivity contribution in [1.29, 1.82) is 0 Å². The van der Waals surface area contributed by atoms with Gasteiger partial charge in [0.1, 0.15) is 11.3 Å². The van der Waals surface area contributed by atoms with Gasteiger partial charge in [0.15, 0.2) is 5.75 Å². The number of nitro groups is 1. The molecule has 0 heterocycles. The van der Waals surface area contributed by atoms with Gasteiger partial charge in [-0.3, -0.25) is 10.1 Å². The average molecular weight is 351 g/mol. The number of fused-ring (bicyclic) bond motifs is 1. The Balaban J connectivity index is 2.18. The summed E-state index contributed by atoms with van der Waals surface area (Å²) >= 11 is 0. The third kappa shape index (κ3) is 3.07. The summed E-state index contributed by atoms with van der Waals surface area (Å²) in [7, 11) is 0. The molecule has 0 radical (unpaired) electrons. The molecule has 0 fully saturated rings. The Morgan fingerprint density at radius 2 is 1.85 bits per heavy atom. The number of benzene rings is 3. The molecule has 130 valence electrons. The Kier molecular flexibility index (Phi) is 4.32. The van der Waals surface area contributed by atoms with Crippen molar-refractivity contribution >= 4 is 33.8 Å². The van der Waals surface area contributed by atoms with Gasteiger partial charge >= 0.3 is 5.97 Å². The molecular weight excluding hydrogens is 338 g/mol. The van der Waals surface area contributed by atoms with Gasteiger partial charge in [-0.15, -0.1) is 10.2 Å². The summed E-state index contributed by atoms with van der Waals surface area (Å²) in [5.74, 6) is -1.81. The van der Waals surface area contributed by atoms with E-state index in [0.717, 1.165) is 0 Å². The van der Waals surface area contributed by atoms with Gasteiger partial charge in [0.25, 0.3) is 5.69 Å². The van der Waals surface area contributed by atoms with Crippen molar-refractivity contribution in [2.45, 2.75) is 6.92 Å². The summed E-state index contributed by atoms with van der Waals surface area (Å²) in [5, 5.41) is 39.6. The minimum absolute atomic E-state index is 0.00796. The number of carboxylic acids is 1. The van der Waals surface area contributed by atoms with E-state index in [-0.39, 0.29) is 22.6 Å². The quantitative estimate of drug-likeness (QED) is 0.394. The van der Waals surface area contributed by atoms with Crippen LogP contribution < -0.4 is 0 Å². The Bertz CT molecular complexity index is 1080. The predicted molar refractivity (Wildman–Crippen MR) is 94.6 cm³/mol. The number of rotatable bonds is 4. The molecule has 0 amide bonds. The number of hydrogen-bond donors (Lipinski definition) is 2. The van der Waals surface area contributed by atoms with E-state index in [9.17, 15) is 25.1 Å².